The SMILES string of the molecule is C1CC1.CCOC(=O)N[C@]1(C)CCCN(c2nc(OCC34CCN3CC(F)(F)C4)nc3c(F)c(-c4cc(C)cc5[nH]ncc45)ncc23)C1. The molecule has 48 heavy (non-hydrogen) atoms. The van der Waals surface area contributed by atoms with E-state index in [0.717, 1.165) is 11.1 Å². The minimum absolute atomic E-state index is 0.00324. The quantitative estimate of drug-likeness (QED) is 0.239. The number of carbonyl (C=O) groups excluding carboxylic acids is 1. The Kier molecular flexibility index (Phi) is 8.33. The Balaban J connectivity index is 0.00000115. The molecule has 6 heterocycles. The summed E-state index contributed by atoms with van der Waals surface area (Å²) in [5.41, 5.74) is 0.855. The van der Waals surface area contributed by atoms with E-state index in [-0.39, 0.29) is 43.4 Å². The summed E-state index contributed by atoms with van der Waals surface area (Å²) in [4.78, 5) is 29.8. The first-order chi connectivity index (χ1) is 23.0. The maximum absolute atomic E-state index is 16.6. The van der Waals surface area contributed by atoms with E-state index in [2.05, 4.69) is 25.5 Å². The van der Waals surface area contributed by atoms with Crippen LogP contribution in [0.25, 0.3) is 33.1 Å². The van der Waals surface area contributed by atoms with E-state index in [0.29, 0.717) is 61.1 Å². The van der Waals surface area contributed by atoms with Crippen molar-refractivity contribution < 1.29 is 27.4 Å². The lowest BCUT2D eigenvalue weighted by Gasteiger charge is -2.46. The molecule has 0 spiro atoms. The van der Waals surface area contributed by atoms with Crippen molar-refractivity contribution in [2.45, 2.75) is 82.7 Å². The molecule has 3 aliphatic heterocycles. The van der Waals surface area contributed by atoms with Crippen LogP contribution >= 0.6 is 0 Å². The van der Waals surface area contributed by atoms with Gasteiger partial charge < -0.3 is 19.7 Å². The molecule has 4 aromatic rings. The van der Waals surface area contributed by atoms with E-state index in [1.807, 2.05) is 30.9 Å². The van der Waals surface area contributed by atoms with Gasteiger partial charge in [0.2, 0.25) is 0 Å². The lowest BCUT2D eigenvalue weighted by atomic mass is 9.85. The molecule has 14 heteroatoms. The largest absolute Gasteiger partial charge is 0.461 e. The number of hydrogen-bond donors (Lipinski definition) is 2. The predicted octanol–water partition coefficient (Wildman–Crippen LogP) is 6.15. The molecule has 1 unspecified atom stereocenters. The van der Waals surface area contributed by atoms with Crippen molar-refractivity contribution in [2.24, 2.45) is 0 Å². The van der Waals surface area contributed by atoms with Gasteiger partial charge in [0.15, 0.2) is 5.82 Å². The van der Waals surface area contributed by atoms with Crippen LogP contribution in [-0.2, 0) is 4.74 Å². The van der Waals surface area contributed by atoms with Gasteiger partial charge in [-0.3, -0.25) is 15.0 Å². The number of ether oxygens (including phenoxy) is 2. The van der Waals surface area contributed by atoms with Gasteiger partial charge in [-0.15, -0.1) is 0 Å². The van der Waals surface area contributed by atoms with Gasteiger partial charge in [0.25, 0.3) is 5.92 Å². The molecule has 4 fully saturated rings. The number of alkyl halides is 2. The number of hydrogen-bond acceptors (Lipinski definition) is 9. The number of piperidine rings is 1. The number of aromatic amines is 1. The van der Waals surface area contributed by atoms with Crippen LogP contribution in [0.4, 0.5) is 23.8 Å². The highest BCUT2D eigenvalue weighted by Gasteiger charge is 2.60. The van der Waals surface area contributed by atoms with Gasteiger partial charge in [-0.05, 0) is 57.7 Å². The number of alkyl carbamates (subject to hydrolysis) is 1. The summed E-state index contributed by atoms with van der Waals surface area (Å²) >= 11 is 0. The Hall–Kier alpha value is -4.20. The third kappa shape index (κ3) is 6.34. The molecule has 1 aromatic carbocycles. The number of nitrogens with one attached hydrogen (secondary N) is 2. The fourth-order valence-electron chi connectivity index (χ4n) is 7.11. The van der Waals surface area contributed by atoms with Gasteiger partial charge in [0.1, 0.15) is 23.6 Å². The van der Waals surface area contributed by atoms with Gasteiger partial charge >= 0.3 is 12.1 Å². The lowest BCUT2D eigenvalue weighted by molar-refractivity contribution is -0.0132. The number of halogens is 3. The van der Waals surface area contributed by atoms with Crippen LogP contribution in [0, 0.1) is 12.7 Å². The van der Waals surface area contributed by atoms with Crippen molar-refractivity contribution in [2.75, 3.05) is 44.3 Å². The predicted molar refractivity (Wildman–Crippen MR) is 175 cm³/mol. The summed E-state index contributed by atoms with van der Waals surface area (Å²) in [5, 5.41) is 11.1. The average Bonchev–Trinajstić information content (AvgIpc) is 3.82. The fraction of sp³-hybridized carbons (Fsp3) is 0.559. The van der Waals surface area contributed by atoms with Crippen LogP contribution < -0.4 is 15.0 Å². The molecule has 1 aliphatic carbocycles. The second kappa shape index (κ2) is 12.4. The molecule has 8 rings (SSSR count). The molecule has 1 amide bonds. The molecule has 4 aliphatic rings. The zero-order valence-corrected chi connectivity index (χ0v) is 27.5. The van der Waals surface area contributed by atoms with Crippen LogP contribution in [-0.4, -0.2) is 92.5 Å². The number of amides is 1. The Bertz CT molecular complexity index is 1850. The Morgan fingerprint density at radius 1 is 1.06 bits per heavy atom. The Morgan fingerprint density at radius 3 is 2.58 bits per heavy atom. The van der Waals surface area contributed by atoms with Gasteiger partial charge in [0.05, 0.1) is 41.3 Å². The third-order valence-electron chi connectivity index (χ3n) is 9.63. The molecule has 11 nitrogen and oxygen atoms in total. The van der Waals surface area contributed by atoms with Gasteiger partial charge in [-0.1, -0.05) is 19.3 Å². The first-order valence-electron chi connectivity index (χ1n) is 16.7. The van der Waals surface area contributed by atoms with Crippen molar-refractivity contribution in [1.29, 1.82) is 0 Å². The third-order valence-corrected chi connectivity index (χ3v) is 9.63. The topological polar surface area (TPSA) is 121 Å². The van der Waals surface area contributed by atoms with E-state index < -0.39 is 28.9 Å². The number of H-pyrrole nitrogens is 1. The number of pyridine rings is 1. The van der Waals surface area contributed by atoms with E-state index in [1.165, 1.54) is 19.3 Å². The molecule has 2 N–H and O–H groups in total. The van der Waals surface area contributed by atoms with Gasteiger partial charge in [0, 0.05) is 43.2 Å². The number of fused-ring (bicyclic) bond motifs is 3. The summed E-state index contributed by atoms with van der Waals surface area (Å²) in [6.45, 7) is 6.98. The summed E-state index contributed by atoms with van der Waals surface area (Å²) < 4.78 is 56.4. The van der Waals surface area contributed by atoms with Crippen LogP contribution in [0.1, 0.15) is 64.4 Å². The smallest absolute Gasteiger partial charge is 0.407 e. The van der Waals surface area contributed by atoms with Crippen LogP contribution in [0.15, 0.2) is 24.5 Å². The average molecular weight is 667 g/mol. The zero-order valence-electron chi connectivity index (χ0n) is 27.5. The maximum atomic E-state index is 16.6. The molecular formula is C34H41F3N8O3. The van der Waals surface area contributed by atoms with E-state index >= 15 is 4.39 Å². The molecule has 1 saturated carbocycles. The number of rotatable bonds is 7. The highest BCUT2D eigenvalue weighted by atomic mass is 19.3. The standard InChI is InChI=1S/C31H35F3N8O3.C3H6/c1-4-44-28(43)39-29(3)6-5-8-41(15-29)26-21-12-35-24(19-10-18(2)11-22-20(19)13-36-40-22)23(32)25(21)37-27(38-26)45-17-30-7-9-42(30)16-31(33,34)14-30;1-2-3-1/h10-13H,4-9,14-17H2,1-3H3,(H,36,40)(H,39,43);1-3H2/t29-,30?;/m1./s1. The number of carbonyl (C=O) groups is 1. The van der Waals surface area contributed by atoms with Crippen LogP contribution in [0.3, 0.4) is 0 Å². The van der Waals surface area contributed by atoms with Gasteiger partial charge in [-0.2, -0.15) is 15.1 Å². The maximum Gasteiger partial charge on any atom is 0.407 e. The van der Waals surface area contributed by atoms with Crippen molar-refractivity contribution >= 4 is 33.7 Å². The van der Waals surface area contributed by atoms with Crippen molar-refractivity contribution in [1.82, 2.24) is 35.4 Å². The fourth-order valence-corrected chi connectivity index (χ4v) is 7.11. The Morgan fingerprint density at radius 2 is 1.88 bits per heavy atom. The highest BCUT2D eigenvalue weighted by molar-refractivity contribution is 5.98. The molecule has 0 bridgehead atoms. The minimum Gasteiger partial charge on any atom is -0.461 e. The van der Waals surface area contributed by atoms with Crippen molar-refractivity contribution in [3.63, 3.8) is 0 Å². The zero-order chi connectivity index (χ0) is 33.7. The number of anilines is 1. The first kappa shape index (κ1) is 32.4. The number of aromatic nitrogens is 5. The number of nitrogens with zero attached hydrogens (tertiary/aromatic N) is 6. The molecule has 3 aromatic heterocycles. The second-order valence-electron chi connectivity index (χ2n) is 13.9. The summed E-state index contributed by atoms with van der Waals surface area (Å²) in [6.07, 6.45) is 8.85. The molecular weight excluding hydrogens is 625 g/mol. The summed E-state index contributed by atoms with van der Waals surface area (Å²) in [7, 11) is 0. The van der Waals surface area contributed by atoms with E-state index in [1.54, 1.807) is 24.2 Å². The normalized spacial score (nSPS) is 24.4. The molecule has 0 radical (unpaired) electrons. The molecule has 256 valence electrons. The molecule has 2 atom stereocenters. The Labute approximate surface area is 276 Å². The number of aryl methyl sites for hydroxylation is 1. The van der Waals surface area contributed by atoms with Gasteiger partial charge in [-0.25, -0.2) is 18.0 Å². The first-order valence-corrected chi connectivity index (χ1v) is 16.7. The minimum atomic E-state index is -2.79. The number of benzene rings is 1. The van der Waals surface area contributed by atoms with E-state index in [9.17, 15) is 13.6 Å². The summed E-state index contributed by atoms with van der Waals surface area (Å²) in [5.74, 6) is -3.06. The molecule has 3 saturated heterocycles. The second-order valence-corrected chi connectivity index (χ2v) is 13.9. The monoisotopic (exact) mass is 666 g/mol. The summed E-state index contributed by atoms with van der Waals surface area (Å²) in [6, 6.07) is 3.66. The van der Waals surface area contributed by atoms with E-state index in [4.69, 9.17) is 14.5 Å². The van der Waals surface area contributed by atoms with Crippen molar-refractivity contribution in [3.05, 3.63) is 35.9 Å². The van der Waals surface area contributed by atoms with Crippen LogP contribution in [0.2, 0.25) is 0 Å². The highest BCUT2D eigenvalue weighted by Crippen LogP contribution is 2.47. The lowest BCUT2D eigenvalue weighted by Crippen LogP contribution is -2.59. The van der Waals surface area contributed by atoms with Crippen molar-refractivity contribution in [3.8, 4) is 17.3 Å². The van der Waals surface area contributed by atoms with Crippen LogP contribution in [0.5, 0.6) is 6.01 Å².